The van der Waals surface area contributed by atoms with E-state index in [9.17, 15) is 19.8 Å². The molecule has 5 aliphatic rings. The predicted octanol–water partition coefficient (Wildman–Crippen LogP) is 0.958. The molecule has 2 bridgehead atoms. The third-order valence-corrected chi connectivity index (χ3v) is 8.67. The molecule has 1 aromatic carbocycles. The predicted molar refractivity (Wildman–Crippen MR) is 111 cm³/mol. The Morgan fingerprint density at radius 2 is 2.03 bits per heavy atom. The second-order valence-corrected chi connectivity index (χ2v) is 10.2. The molecule has 2 saturated carbocycles. The molecule has 0 radical (unpaired) electrons. The van der Waals surface area contributed by atoms with Crippen LogP contribution in [0.2, 0.25) is 0 Å². The van der Waals surface area contributed by atoms with Crippen molar-refractivity contribution in [1.29, 1.82) is 0 Å². The molecular formula is C23H29N3O5. The minimum Gasteiger partial charge on any atom is -0.497 e. The van der Waals surface area contributed by atoms with Gasteiger partial charge in [-0.15, -0.1) is 0 Å². The number of hydrogen-bond donors (Lipinski definition) is 4. The zero-order chi connectivity index (χ0) is 21.6. The van der Waals surface area contributed by atoms with Crippen molar-refractivity contribution in [1.82, 2.24) is 15.5 Å². The molecule has 1 spiro atoms. The average molecular weight is 428 g/mol. The maximum atomic E-state index is 12.9. The minimum atomic E-state index is -1.20. The van der Waals surface area contributed by atoms with E-state index in [-0.39, 0.29) is 5.91 Å². The number of fused-ring (bicyclic) bond motifs is 1. The van der Waals surface area contributed by atoms with Gasteiger partial charge in [0.2, 0.25) is 0 Å². The van der Waals surface area contributed by atoms with Crippen LogP contribution in [0.25, 0.3) is 0 Å². The van der Waals surface area contributed by atoms with Gasteiger partial charge >= 0.3 is 6.03 Å². The van der Waals surface area contributed by atoms with Crippen LogP contribution in [-0.2, 0) is 10.2 Å². The van der Waals surface area contributed by atoms with E-state index in [1.165, 1.54) is 12.8 Å². The lowest BCUT2D eigenvalue weighted by Crippen LogP contribution is -2.77. The van der Waals surface area contributed by atoms with Crippen LogP contribution in [0, 0.1) is 5.92 Å². The van der Waals surface area contributed by atoms with E-state index in [0.717, 1.165) is 24.2 Å². The molecule has 31 heavy (non-hydrogen) atoms. The highest BCUT2D eigenvalue weighted by Crippen LogP contribution is 2.63. The van der Waals surface area contributed by atoms with Gasteiger partial charge in [0, 0.05) is 12.0 Å². The van der Waals surface area contributed by atoms with Crippen molar-refractivity contribution in [2.45, 2.75) is 67.2 Å². The van der Waals surface area contributed by atoms with E-state index in [4.69, 9.17) is 4.74 Å². The SMILES string of the molecule is COc1ccc2c(c1)[C@]13CCN(CC4CC4)[C@H]([C@@H]2O)[C@]1(O)CC[C@@]1(C3)NC(=O)NC1=O. The lowest BCUT2D eigenvalue weighted by atomic mass is 9.46. The van der Waals surface area contributed by atoms with Gasteiger partial charge in [-0.25, -0.2) is 4.79 Å². The number of amides is 3. The van der Waals surface area contributed by atoms with Crippen molar-refractivity contribution in [2.24, 2.45) is 5.92 Å². The molecule has 2 saturated heterocycles. The number of benzene rings is 1. The summed E-state index contributed by atoms with van der Waals surface area (Å²) in [5, 5.41) is 29.1. The number of carbonyl (C=O) groups is 2. The van der Waals surface area contributed by atoms with Crippen molar-refractivity contribution in [3.63, 3.8) is 0 Å². The van der Waals surface area contributed by atoms with Crippen LogP contribution >= 0.6 is 0 Å². The fraction of sp³-hybridized carbons (Fsp3) is 0.652. The number of methoxy groups -OCH3 is 1. The van der Waals surface area contributed by atoms with Gasteiger partial charge in [0.05, 0.1) is 24.9 Å². The third kappa shape index (κ3) is 2.46. The first-order valence-corrected chi connectivity index (χ1v) is 11.3. The second-order valence-electron chi connectivity index (χ2n) is 10.2. The van der Waals surface area contributed by atoms with Crippen LogP contribution in [0.1, 0.15) is 55.8 Å². The number of nitrogens with zero attached hydrogens (tertiary/aromatic N) is 1. The molecule has 8 heteroatoms. The Balaban J connectivity index is 1.53. The van der Waals surface area contributed by atoms with E-state index in [0.29, 0.717) is 37.4 Å². The van der Waals surface area contributed by atoms with Crippen molar-refractivity contribution >= 4 is 11.9 Å². The van der Waals surface area contributed by atoms with Crippen LogP contribution in [0.15, 0.2) is 18.2 Å². The van der Waals surface area contributed by atoms with Crippen LogP contribution in [0.4, 0.5) is 4.79 Å². The number of piperidine rings is 1. The Hall–Kier alpha value is -2.16. The number of hydrogen-bond acceptors (Lipinski definition) is 6. The van der Waals surface area contributed by atoms with E-state index in [1.807, 2.05) is 18.2 Å². The number of nitrogens with one attached hydrogen (secondary N) is 2. The number of likely N-dealkylation sites (tertiary alicyclic amines) is 1. The second kappa shape index (κ2) is 6.21. The van der Waals surface area contributed by atoms with E-state index >= 15 is 0 Å². The van der Waals surface area contributed by atoms with Gasteiger partial charge in [0.1, 0.15) is 11.3 Å². The molecule has 0 unspecified atom stereocenters. The summed E-state index contributed by atoms with van der Waals surface area (Å²) < 4.78 is 5.48. The summed E-state index contributed by atoms with van der Waals surface area (Å²) in [4.78, 5) is 27.2. The fourth-order valence-electron chi connectivity index (χ4n) is 7.01. The zero-order valence-corrected chi connectivity index (χ0v) is 17.7. The van der Waals surface area contributed by atoms with Gasteiger partial charge in [0.25, 0.3) is 5.91 Å². The van der Waals surface area contributed by atoms with Gasteiger partial charge in [0.15, 0.2) is 0 Å². The molecule has 0 aromatic heterocycles. The number of urea groups is 1. The molecule has 8 nitrogen and oxygen atoms in total. The summed E-state index contributed by atoms with van der Waals surface area (Å²) >= 11 is 0. The molecular weight excluding hydrogens is 398 g/mol. The monoisotopic (exact) mass is 427 g/mol. The van der Waals surface area contributed by atoms with Crippen molar-refractivity contribution in [3.8, 4) is 5.75 Å². The Morgan fingerprint density at radius 1 is 1.23 bits per heavy atom. The number of ether oxygens (including phenoxy) is 1. The van der Waals surface area contributed by atoms with Crippen molar-refractivity contribution in [2.75, 3.05) is 20.2 Å². The highest BCUT2D eigenvalue weighted by Gasteiger charge is 2.71. The highest BCUT2D eigenvalue weighted by atomic mass is 16.5. The average Bonchev–Trinajstić information content (AvgIpc) is 3.51. The standard InChI is InChI=1S/C23H29N3O5/c1-31-14-4-5-15-16(10-14)21-8-9-26(11-13-2-3-13)18(17(15)27)23(21,30)7-6-22(12-21)19(28)24-20(29)25-22/h4-5,10,13,17-18,27,30H,2-3,6-9,11-12H2,1H3,(H2,24,25,28,29)/t17-,18-,21-,22+,23-/m1/s1. The molecule has 2 aliphatic heterocycles. The molecule has 1 aromatic rings. The third-order valence-electron chi connectivity index (χ3n) is 8.67. The van der Waals surface area contributed by atoms with Gasteiger partial charge in [-0.1, -0.05) is 6.07 Å². The summed E-state index contributed by atoms with van der Waals surface area (Å²) in [5.74, 6) is 0.970. The Morgan fingerprint density at radius 3 is 2.71 bits per heavy atom. The molecule has 6 rings (SSSR count). The Kier molecular flexibility index (Phi) is 3.91. The Labute approximate surface area is 180 Å². The van der Waals surface area contributed by atoms with Crippen LogP contribution in [0.5, 0.6) is 5.75 Å². The number of aliphatic hydroxyl groups is 2. The molecule has 4 fully saturated rings. The summed E-state index contributed by atoms with van der Waals surface area (Å²) in [6, 6.07) is 4.73. The van der Waals surface area contributed by atoms with Crippen molar-refractivity contribution < 1.29 is 24.5 Å². The van der Waals surface area contributed by atoms with Crippen LogP contribution in [-0.4, -0.2) is 64.4 Å². The molecule has 5 atom stereocenters. The lowest BCUT2D eigenvalue weighted by molar-refractivity contribution is -0.207. The topological polar surface area (TPSA) is 111 Å². The Bertz CT molecular complexity index is 980. The smallest absolute Gasteiger partial charge is 0.322 e. The quantitative estimate of drug-likeness (QED) is 0.535. The largest absolute Gasteiger partial charge is 0.497 e. The number of rotatable bonds is 3. The molecule has 2 heterocycles. The first-order valence-electron chi connectivity index (χ1n) is 11.3. The summed E-state index contributed by atoms with van der Waals surface area (Å²) in [5.41, 5.74) is -1.35. The van der Waals surface area contributed by atoms with Gasteiger partial charge in [-0.05, 0) is 74.2 Å². The number of carbonyl (C=O) groups excluding carboxylic acids is 2. The highest BCUT2D eigenvalue weighted by molar-refractivity contribution is 6.07. The summed E-state index contributed by atoms with van der Waals surface area (Å²) in [6.45, 7) is 1.62. The van der Waals surface area contributed by atoms with Crippen LogP contribution < -0.4 is 15.4 Å². The maximum Gasteiger partial charge on any atom is 0.322 e. The zero-order valence-electron chi connectivity index (χ0n) is 17.7. The first kappa shape index (κ1) is 19.5. The summed E-state index contributed by atoms with van der Waals surface area (Å²) in [6.07, 6.45) is 3.24. The lowest BCUT2D eigenvalue weighted by Gasteiger charge is -2.66. The fourth-order valence-corrected chi connectivity index (χ4v) is 7.01. The van der Waals surface area contributed by atoms with E-state index in [2.05, 4.69) is 15.5 Å². The molecule has 4 N–H and O–H groups in total. The normalized spacial score (nSPS) is 41.4. The van der Waals surface area contributed by atoms with Crippen LogP contribution in [0.3, 0.4) is 0 Å². The molecule has 3 aliphatic carbocycles. The molecule has 3 amide bonds. The first-order chi connectivity index (χ1) is 14.8. The minimum absolute atomic E-state index is 0.314. The summed E-state index contributed by atoms with van der Waals surface area (Å²) in [7, 11) is 1.60. The maximum absolute atomic E-state index is 12.9. The van der Waals surface area contributed by atoms with E-state index < -0.39 is 34.7 Å². The van der Waals surface area contributed by atoms with Gasteiger partial charge < -0.3 is 20.3 Å². The van der Waals surface area contributed by atoms with Gasteiger partial charge in [-0.2, -0.15) is 0 Å². The number of imide groups is 1. The van der Waals surface area contributed by atoms with E-state index in [1.54, 1.807) is 7.11 Å². The van der Waals surface area contributed by atoms with Gasteiger partial charge in [-0.3, -0.25) is 15.0 Å². The van der Waals surface area contributed by atoms with Crippen molar-refractivity contribution in [3.05, 3.63) is 29.3 Å². The number of aliphatic hydroxyl groups excluding tert-OH is 1. The molecule has 166 valence electrons.